The molecule has 0 saturated heterocycles. The van der Waals surface area contributed by atoms with Crippen LogP contribution in [0.3, 0.4) is 0 Å². The minimum absolute atomic E-state index is 0.0826. The smallest absolute Gasteiger partial charge is 0.251 e. The second kappa shape index (κ2) is 10.4. The molecule has 0 aromatic heterocycles. The van der Waals surface area contributed by atoms with Crippen molar-refractivity contribution in [3.8, 4) is 0 Å². The lowest BCUT2D eigenvalue weighted by Gasteiger charge is -2.22. The second-order valence-electron chi connectivity index (χ2n) is 5.90. The van der Waals surface area contributed by atoms with Crippen molar-refractivity contribution in [2.45, 2.75) is 18.5 Å². The Morgan fingerprint density at radius 1 is 0.963 bits per heavy atom. The first kappa shape index (κ1) is 20.5. The van der Waals surface area contributed by atoms with E-state index >= 15 is 0 Å². The molecule has 0 aliphatic heterocycles. The fourth-order valence-electron chi connectivity index (χ4n) is 2.54. The van der Waals surface area contributed by atoms with E-state index in [-0.39, 0.29) is 18.1 Å². The van der Waals surface area contributed by atoms with Gasteiger partial charge in [0.2, 0.25) is 5.91 Å². The molecule has 0 aliphatic carbocycles. The van der Waals surface area contributed by atoms with Gasteiger partial charge >= 0.3 is 0 Å². The molecular formula is C20H21N2O4S-. The average Bonchev–Trinajstić information content (AvgIpc) is 2.68. The van der Waals surface area contributed by atoms with Crippen molar-refractivity contribution < 1.29 is 19.5 Å². The van der Waals surface area contributed by atoms with Gasteiger partial charge in [0.25, 0.3) is 5.91 Å². The number of carbonyl (C=O) groups excluding carboxylic acids is 3. The molecule has 2 atom stereocenters. The first-order valence-electron chi connectivity index (χ1n) is 8.41. The van der Waals surface area contributed by atoms with Gasteiger partial charge in [-0.15, -0.1) is 0 Å². The van der Waals surface area contributed by atoms with Gasteiger partial charge in [-0.2, -0.15) is 11.8 Å². The van der Waals surface area contributed by atoms with Gasteiger partial charge in [0.15, 0.2) is 0 Å². The third-order valence-corrected chi connectivity index (χ3v) is 4.55. The quantitative estimate of drug-likeness (QED) is 0.675. The molecule has 0 aliphatic rings. The lowest BCUT2D eigenvalue weighted by molar-refractivity contribution is -0.307. The maximum absolute atomic E-state index is 12.5. The minimum Gasteiger partial charge on any atom is -0.548 e. The Morgan fingerprint density at radius 3 is 2.11 bits per heavy atom. The summed E-state index contributed by atoms with van der Waals surface area (Å²) in [6.45, 7) is 0. The molecule has 2 N–H and O–H groups in total. The molecular weight excluding hydrogens is 364 g/mol. The summed E-state index contributed by atoms with van der Waals surface area (Å²) >= 11 is 1.30. The highest BCUT2D eigenvalue weighted by atomic mass is 32.2. The number of aliphatic carboxylic acids is 1. The Morgan fingerprint density at radius 2 is 1.56 bits per heavy atom. The molecule has 0 bridgehead atoms. The van der Waals surface area contributed by atoms with E-state index in [0.29, 0.717) is 5.56 Å². The van der Waals surface area contributed by atoms with Gasteiger partial charge in [-0.1, -0.05) is 48.5 Å². The van der Waals surface area contributed by atoms with Crippen molar-refractivity contribution in [1.29, 1.82) is 0 Å². The van der Waals surface area contributed by atoms with Crippen LogP contribution in [-0.2, 0) is 9.59 Å². The van der Waals surface area contributed by atoms with Crippen molar-refractivity contribution in [2.24, 2.45) is 0 Å². The van der Waals surface area contributed by atoms with Gasteiger partial charge in [0, 0.05) is 11.3 Å². The summed E-state index contributed by atoms with van der Waals surface area (Å²) in [6, 6.07) is 16.1. The van der Waals surface area contributed by atoms with Crippen molar-refractivity contribution in [3.63, 3.8) is 0 Å². The summed E-state index contributed by atoms with van der Waals surface area (Å²) < 4.78 is 0. The van der Waals surface area contributed by atoms with Gasteiger partial charge in [-0.25, -0.2) is 0 Å². The number of carbonyl (C=O) groups is 3. The molecule has 7 heteroatoms. The predicted molar refractivity (Wildman–Crippen MR) is 103 cm³/mol. The Bertz CT molecular complexity index is 768. The van der Waals surface area contributed by atoms with Crippen LogP contribution in [0.5, 0.6) is 0 Å². The van der Waals surface area contributed by atoms with Crippen LogP contribution in [0.15, 0.2) is 60.7 Å². The number of nitrogens with one attached hydrogen (secondary N) is 2. The van der Waals surface area contributed by atoms with Crippen LogP contribution < -0.4 is 15.7 Å². The molecule has 0 heterocycles. The number of carboxylic acids is 1. The van der Waals surface area contributed by atoms with Crippen molar-refractivity contribution in [1.82, 2.24) is 10.6 Å². The van der Waals surface area contributed by atoms with Gasteiger partial charge in [0.05, 0.1) is 24.5 Å². The highest BCUT2D eigenvalue weighted by Crippen LogP contribution is 2.17. The minimum atomic E-state index is -1.33. The maximum atomic E-state index is 12.5. The zero-order valence-electron chi connectivity index (χ0n) is 14.9. The number of amides is 2. The third-order valence-electron chi connectivity index (χ3n) is 3.89. The lowest BCUT2D eigenvalue weighted by atomic mass is 10.0. The van der Waals surface area contributed by atoms with E-state index in [2.05, 4.69) is 10.6 Å². The summed E-state index contributed by atoms with van der Waals surface area (Å²) in [5.74, 6) is -1.90. The van der Waals surface area contributed by atoms with Crippen LogP contribution in [0, 0.1) is 0 Å². The van der Waals surface area contributed by atoms with Gasteiger partial charge < -0.3 is 20.5 Å². The van der Waals surface area contributed by atoms with E-state index in [4.69, 9.17) is 0 Å². The fraction of sp³-hybridized carbons (Fsp3) is 0.250. The zero-order valence-corrected chi connectivity index (χ0v) is 15.7. The van der Waals surface area contributed by atoms with Crippen LogP contribution in [0.2, 0.25) is 0 Å². The molecule has 0 spiro atoms. The topological polar surface area (TPSA) is 98.3 Å². The largest absolute Gasteiger partial charge is 0.548 e. The molecule has 27 heavy (non-hydrogen) atoms. The highest BCUT2D eigenvalue weighted by Gasteiger charge is 2.21. The van der Waals surface area contributed by atoms with Crippen LogP contribution in [-0.4, -0.2) is 35.8 Å². The second-order valence-corrected chi connectivity index (χ2v) is 6.81. The average molecular weight is 385 g/mol. The number of hydrogen-bond donors (Lipinski definition) is 2. The van der Waals surface area contributed by atoms with Crippen molar-refractivity contribution >= 4 is 29.5 Å². The summed E-state index contributed by atoms with van der Waals surface area (Å²) in [6.07, 6.45) is 1.66. The van der Waals surface area contributed by atoms with Gasteiger partial charge in [-0.05, 0) is 24.0 Å². The highest BCUT2D eigenvalue weighted by molar-refractivity contribution is 7.98. The van der Waals surface area contributed by atoms with E-state index in [1.165, 1.54) is 11.8 Å². The molecule has 2 amide bonds. The molecule has 0 saturated carbocycles. The summed E-state index contributed by atoms with van der Waals surface area (Å²) in [7, 11) is 0. The Balaban J connectivity index is 2.12. The fourth-order valence-corrected chi connectivity index (χ4v) is 3.10. The molecule has 2 aromatic rings. The van der Waals surface area contributed by atoms with E-state index < -0.39 is 24.0 Å². The van der Waals surface area contributed by atoms with Gasteiger partial charge in [-0.3, -0.25) is 9.59 Å². The Kier molecular flexibility index (Phi) is 7.88. The van der Waals surface area contributed by atoms with Crippen LogP contribution in [0.1, 0.15) is 28.4 Å². The maximum Gasteiger partial charge on any atom is 0.251 e. The van der Waals surface area contributed by atoms with Gasteiger partial charge in [0.1, 0.15) is 0 Å². The predicted octanol–water partition coefficient (Wildman–Crippen LogP) is 1.15. The van der Waals surface area contributed by atoms with E-state index in [9.17, 15) is 19.5 Å². The van der Waals surface area contributed by atoms with Crippen molar-refractivity contribution in [3.05, 3.63) is 71.8 Å². The lowest BCUT2D eigenvalue weighted by Crippen LogP contribution is -2.50. The van der Waals surface area contributed by atoms with E-state index in [1.807, 2.05) is 24.3 Å². The molecule has 2 rings (SSSR count). The Hall–Kier alpha value is -2.80. The molecule has 0 radical (unpaired) electrons. The molecule has 6 nitrogen and oxygen atoms in total. The third kappa shape index (κ3) is 6.45. The molecule has 2 aromatic carbocycles. The number of thioether (sulfide) groups is 1. The van der Waals surface area contributed by atoms with Crippen LogP contribution in [0.4, 0.5) is 0 Å². The summed E-state index contributed by atoms with van der Waals surface area (Å²) in [5, 5.41) is 16.4. The molecule has 0 unspecified atom stereocenters. The zero-order chi connectivity index (χ0) is 19.6. The number of rotatable bonds is 9. The molecule has 0 fully saturated rings. The van der Waals surface area contributed by atoms with Crippen LogP contribution >= 0.6 is 11.8 Å². The normalized spacial score (nSPS) is 12.6. The summed E-state index contributed by atoms with van der Waals surface area (Å²) in [4.78, 5) is 36.0. The number of hydrogen-bond acceptors (Lipinski definition) is 5. The number of benzene rings is 2. The monoisotopic (exact) mass is 385 g/mol. The van der Waals surface area contributed by atoms with Crippen LogP contribution in [0.25, 0.3) is 0 Å². The SMILES string of the molecule is CSC[C@H](NC(=O)C[C@H](NC(=O)c1ccccc1)c1ccccc1)C(=O)[O-]. The summed E-state index contributed by atoms with van der Waals surface area (Å²) in [5.41, 5.74) is 1.24. The molecule has 142 valence electrons. The first-order valence-corrected chi connectivity index (χ1v) is 9.80. The van der Waals surface area contributed by atoms with Crippen molar-refractivity contribution in [2.75, 3.05) is 12.0 Å². The first-order chi connectivity index (χ1) is 13.0. The standard InChI is InChI=1S/C20H22N2O4S/c1-27-13-17(20(25)26)21-18(23)12-16(14-8-4-2-5-9-14)22-19(24)15-10-6-3-7-11-15/h2-11,16-17H,12-13H2,1H3,(H,21,23)(H,22,24)(H,25,26)/p-1/t16-,17-/m0/s1. The van der Waals surface area contributed by atoms with E-state index in [1.54, 1.807) is 42.7 Å². The van der Waals surface area contributed by atoms with E-state index in [0.717, 1.165) is 5.56 Å². The number of carboxylic acid groups (broad SMARTS) is 1. The Labute approximate surface area is 162 Å².